The molecule has 1 saturated heterocycles. The highest BCUT2D eigenvalue weighted by atomic mass is 35.5. The van der Waals surface area contributed by atoms with Gasteiger partial charge in [-0.2, -0.15) is 0 Å². The van der Waals surface area contributed by atoms with Crippen LogP contribution in [0.5, 0.6) is 0 Å². The minimum absolute atomic E-state index is 0.295. The average Bonchev–Trinajstić information content (AvgIpc) is 2.38. The lowest BCUT2D eigenvalue weighted by molar-refractivity contribution is 0.201. The molecule has 2 nitrogen and oxygen atoms in total. The van der Waals surface area contributed by atoms with Crippen LogP contribution in [0.3, 0.4) is 0 Å². The predicted molar refractivity (Wildman–Crippen MR) is 71.5 cm³/mol. The van der Waals surface area contributed by atoms with Gasteiger partial charge in [0.05, 0.1) is 5.02 Å². The van der Waals surface area contributed by atoms with E-state index in [-0.39, 0.29) is 5.82 Å². The van der Waals surface area contributed by atoms with E-state index in [9.17, 15) is 4.39 Å². The van der Waals surface area contributed by atoms with E-state index in [0.29, 0.717) is 10.8 Å². The molecule has 1 aromatic heterocycles. The first-order valence-corrected chi connectivity index (χ1v) is 7.18. The Morgan fingerprint density at radius 1 is 1.22 bits per heavy atom. The molecule has 4 heteroatoms. The molecule has 3 rings (SSSR count). The minimum atomic E-state index is -0.295. The topological polar surface area (TPSA) is 16.1 Å². The van der Waals surface area contributed by atoms with Gasteiger partial charge in [0, 0.05) is 19.3 Å². The normalized spacial score (nSPS) is 28.0. The highest BCUT2D eigenvalue weighted by molar-refractivity contribution is 6.30. The summed E-state index contributed by atoms with van der Waals surface area (Å²) in [6.45, 7) is 1.88. The number of piperidine rings is 1. The van der Waals surface area contributed by atoms with Gasteiger partial charge in [0.15, 0.2) is 11.6 Å². The number of pyridine rings is 1. The molecule has 0 N–H and O–H groups in total. The molecule has 98 valence electrons. The lowest BCUT2D eigenvalue weighted by Crippen LogP contribution is -2.42. The van der Waals surface area contributed by atoms with Crippen LogP contribution in [0.25, 0.3) is 0 Å². The summed E-state index contributed by atoms with van der Waals surface area (Å²) in [7, 11) is 0. The Morgan fingerprint density at radius 3 is 2.78 bits per heavy atom. The Hall–Kier alpha value is -0.830. The van der Waals surface area contributed by atoms with Crippen LogP contribution in [0.2, 0.25) is 5.02 Å². The van der Waals surface area contributed by atoms with Crippen LogP contribution in [-0.2, 0) is 0 Å². The van der Waals surface area contributed by atoms with Crippen molar-refractivity contribution in [3.63, 3.8) is 0 Å². The number of rotatable bonds is 1. The first-order chi connectivity index (χ1) is 8.74. The number of nitrogens with zero attached hydrogens (tertiary/aromatic N) is 2. The zero-order chi connectivity index (χ0) is 12.5. The van der Waals surface area contributed by atoms with Crippen LogP contribution < -0.4 is 4.90 Å². The maximum atomic E-state index is 13.9. The molecule has 1 aliphatic carbocycles. The molecule has 2 aliphatic rings. The first kappa shape index (κ1) is 12.2. The molecule has 2 atom stereocenters. The molecule has 1 saturated carbocycles. The molecular weight excluding hydrogens is 251 g/mol. The van der Waals surface area contributed by atoms with E-state index < -0.39 is 0 Å². The van der Waals surface area contributed by atoms with Gasteiger partial charge in [-0.15, -0.1) is 0 Å². The molecule has 1 aliphatic heterocycles. The monoisotopic (exact) mass is 268 g/mol. The fraction of sp³-hybridized carbons (Fsp3) is 0.643. The third kappa shape index (κ3) is 2.33. The van der Waals surface area contributed by atoms with Crippen molar-refractivity contribution in [2.45, 2.75) is 32.1 Å². The molecular formula is C14H18ClFN2. The zero-order valence-corrected chi connectivity index (χ0v) is 11.2. The summed E-state index contributed by atoms with van der Waals surface area (Å²) < 4.78 is 13.9. The zero-order valence-electron chi connectivity index (χ0n) is 10.4. The van der Waals surface area contributed by atoms with E-state index in [4.69, 9.17) is 11.6 Å². The van der Waals surface area contributed by atoms with Crippen molar-refractivity contribution in [2.24, 2.45) is 11.8 Å². The molecule has 2 fully saturated rings. The first-order valence-electron chi connectivity index (χ1n) is 6.80. The summed E-state index contributed by atoms with van der Waals surface area (Å²) in [6, 6.07) is 1.36. The van der Waals surface area contributed by atoms with Crippen LogP contribution in [-0.4, -0.2) is 18.1 Å². The number of hydrogen-bond donors (Lipinski definition) is 0. The van der Waals surface area contributed by atoms with Crippen LogP contribution in [0.15, 0.2) is 12.3 Å². The van der Waals surface area contributed by atoms with Crippen molar-refractivity contribution >= 4 is 17.4 Å². The summed E-state index contributed by atoms with van der Waals surface area (Å²) >= 11 is 5.75. The van der Waals surface area contributed by atoms with Crippen LogP contribution in [0, 0.1) is 17.7 Å². The number of anilines is 1. The van der Waals surface area contributed by atoms with E-state index >= 15 is 0 Å². The van der Waals surface area contributed by atoms with Crippen molar-refractivity contribution in [3.05, 3.63) is 23.1 Å². The lowest BCUT2D eigenvalue weighted by atomic mass is 9.75. The van der Waals surface area contributed by atoms with E-state index in [1.807, 2.05) is 0 Å². The predicted octanol–water partition coefficient (Wildman–Crippen LogP) is 3.89. The van der Waals surface area contributed by atoms with Crippen LogP contribution >= 0.6 is 11.6 Å². The highest BCUT2D eigenvalue weighted by Crippen LogP contribution is 2.37. The van der Waals surface area contributed by atoms with Gasteiger partial charge < -0.3 is 4.90 Å². The maximum absolute atomic E-state index is 13.9. The third-order valence-corrected chi connectivity index (χ3v) is 4.59. The Balaban J connectivity index is 1.77. The van der Waals surface area contributed by atoms with Crippen molar-refractivity contribution in [2.75, 3.05) is 18.0 Å². The summed E-state index contributed by atoms with van der Waals surface area (Å²) in [5.41, 5.74) is 0. The van der Waals surface area contributed by atoms with E-state index in [2.05, 4.69) is 9.88 Å². The number of fused-ring (bicyclic) bond motifs is 1. The number of aromatic nitrogens is 1. The fourth-order valence-corrected chi connectivity index (χ4v) is 3.58. The summed E-state index contributed by atoms with van der Waals surface area (Å²) in [6.07, 6.45) is 8.05. The second kappa shape index (κ2) is 5.04. The van der Waals surface area contributed by atoms with Crippen LogP contribution in [0.4, 0.5) is 10.2 Å². The average molecular weight is 269 g/mol. The molecule has 0 aromatic carbocycles. The molecule has 2 unspecified atom stereocenters. The van der Waals surface area contributed by atoms with Gasteiger partial charge in [-0.1, -0.05) is 30.9 Å². The van der Waals surface area contributed by atoms with Gasteiger partial charge in [0.1, 0.15) is 0 Å². The summed E-state index contributed by atoms with van der Waals surface area (Å²) in [5.74, 6) is 1.76. The summed E-state index contributed by atoms with van der Waals surface area (Å²) in [4.78, 5) is 6.25. The third-order valence-electron chi connectivity index (χ3n) is 4.38. The van der Waals surface area contributed by atoms with Gasteiger partial charge in [-0.05, 0) is 30.7 Å². The van der Waals surface area contributed by atoms with E-state index in [1.54, 1.807) is 0 Å². The molecule has 2 heterocycles. The second-order valence-corrected chi connectivity index (χ2v) is 5.93. The van der Waals surface area contributed by atoms with Gasteiger partial charge in [0.2, 0.25) is 0 Å². The fourth-order valence-electron chi connectivity index (χ4n) is 3.43. The van der Waals surface area contributed by atoms with E-state index in [1.165, 1.54) is 44.4 Å². The maximum Gasteiger partial charge on any atom is 0.167 e. The van der Waals surface area contributed by atoms with Crippen LogP contribution in [0.1, 0.15) is 32.1 Å². The number of hydrogen-bond acceptors (Lipinski definition) is 2. The van der Waals surface area contributed by atoms with Gasteiger partial charge in [-0.25, -0.2) is 9.37 Å². The molecule has 1 aromatic rings. The molecule has 0 spiro atoms. The van der Waals surface area contributed by atoms with Gasteiger partial charge in [-0.3, -0.25) is 0 Å². The second-order valence-electron chi connectivity index (χ2n) is 5.50. The van der Waals surface area contributed by atoms with Crippen molar-refractivity contribution < 1.29 is 4.39 Å². The lowest BCUT2D eigenvalue weighted by Gasteiger charge is -2.41. The van der Waals surface area contributed by atoms with Crippen molar-refractivity contribution in [1.82, 2.24) is 4.98 Å². The molecule has 18 heavy (non-hydrogen) atoms. The number of halogens is 2. The SMILES string of the molecule is Fc1cc(Cl)cnc1N1CCC2CCCCC2C1. The Labute approximate surface area is 112 Å². The minimum Gasteiger partial charge on any atom is -0.354 e. The Morgan fingerprint density at radius 2 is 2.00 bits per heavy atom. The Bertz CT molecular complexity index is 438. The van der Waals surface area contributed by atoms with Crippen molar-refractivity contribution in [1.29, 1.82) is 0 Å². The molecule has 0 amide bonds. The molecule has 0 radical (unpaired) electrons. The molecule has 0 bridgehead atoms. The Kier molecular flexibility index (Phi) is 3.42. The largest absolute Gasteiger partial charge is 0.354 e. The highest BCUT2D eigenvalue weighted by Gasteiger charge is 2.32. The van der Waals surface area contributed by atoms with Gasteiger partial charge in [0.25, 0.3) is 0 Å². The van der Waals surface area contributed by atoms with Gasteiger partial charge >= 0.3 is 0 Å². The van der Waals surface area contributed by atoms with Crippen molar-refractivity contribution in [3.8, 4) is 0 Å². The summed E-state index contributed by atoms with van der Waals surface area (Å²) in [5, 5.41) is 0.365. The quantitative estimate of drug-likeness (QED) is 0.768. The smallest absolute Gasteiger partial charge is 0.167 e. The standard InChI is InChI=1S/C14H18ClFN2/c15-12-7-13(16)14(17-8-12)18-6-5-10-3-1-2-4-11(10)9-18/h7-8,10-11H,1-6,9H2. The van der Waals surface area contributed by atoms with E-state index in [0.717, 1.165) is 24.9 Å².